The predicted molar refractivity (Wildman–Crippen MR) is 103 cm³/mol. The smallest absolute Gasteiger partial charge is 0.282 e. The van der Waals surface area contributed by atoms with Crippen LogP contribution >= 0.6 is 0 Å². The monoisotopic (exact) mass is 344 g/mol. The third-order valence-corrected chi connectivity index (χ3v) is 4.43. The second kappa shape index (κ2) is 17.7. The summed E-state index contributed by atoms with van der Waals surface area (Å²) in [6, 6.07) is 0. The van der Waals surface area contributed by atoms with Gasteiger partial charge in [0.2, 0.25) is 0 Å². The van der Waals surface area contributed by atoms with Crippen LogP contribution in [0.4, 0.5) is 0 Å². The summed E-state index contributed by atoms with van der Waals surface area (Å²) in [5, 5.41) is 0. The lowest BCUT2D eigenvalue weighted by Gasteiger charge is -2.32. The summed E-state index contributed by atoms with van der Waals surface area (Å²) in [7, 11) is 0. The summed E-state index contributed by atoms with van der Waals surface area (Å²) in [5.41, 5.74) is 0. The van der Waals surface area contributed by atoms with Crippen molar-refractivity contribution in [1.29, 1.82) is 0 Å². The second-order valence-corrected chi connectivity index (χ2v) is 6.62. The zero-order chi connectivity index (χ0) is 17.9. The van der Waals surface area contributed by atoms with Crippen molar-refractivity contribution in [2.45, 2.75) is 117 Å². The van der Waals surface area contributed by atoms with Crippen molar-refractivity contribution in [3.8, 4) is 0 Å². The first kappa shape index (κ1) is 23.9. The number of unbranched alkanes of at least 4 members (excludes halogenated alkanes) is 6. The summed E-state index contributed by atoms with van der Waals surface area (Å²) in [6.07, 6.45) is 17.4. The number of hydrogen-bond donors (Lipinski definition) is 0. The molecule has 1 aliphatic carbocycles. The van der Waals surface area contributed by atoms with E-state index in [2.05, 4.69) is 6.92 Å². The van der Waals surface area contributed by atoms with E-state index in [4.69, 9.17) is 14.2 Å². The first-order valence-electron chi connectivity index (χ1n) is 10.7. The normalized spacial score (nSPS) is 14.5. The molecule has 0 aliphatic heterocycles. The number of rotatable bonds is 14. The molecule has 0 spiro atoms. The fraction of sp³-hybridized carbons (Fsp3) is 1.00. The summed E-state index contributed by atoms with van der Waals surface area (Å²) in [6.45, 7) is 10.1. The van der Waals surface area contributed by atoms with Gasteiger partial charge in [-0.05, 0) is 27.2 Å². The van der Waals surface area contributed by atoms with Gasteiger partial charge < -0.3 is 14.2 Å². The Balaban J connectivity index is 0.000000889. The van der Waals surface area contributed by atoms with Crippen LogP contribution in [-0.4, -0.2) is 25.8 Å². The Bertz CT molecular complexity index is 215. The minimum atomic E-state index is -0.804. The van der Waals surface area contributed by atoms with Gasteiger partial charge in [0.05, 0.1) is 0 Å². The van der Waals surface area contributed by atoms with E-state index in [-0.39, 0.29) is 0 Å². The van der Waals surface area contributed by atoms with Crippen LogP contribution in [0.1, 0.15) is 111 Å². The lowest BCUT2D eigenvalue weighted by Crippen LogP contribution is -2.39. The molecule has 0 radical (unpaired) electrons. The Morgan fingerprint density at radius 1 is 0.542 bits per heavy atom. The molecule has 146 valence electrons. The second-order valence-electron chi connectivity index (χ2n) is 6.62. The highest BCUT2D eigenvalue weighted by Crippen LogP contribution is 2.24. The van der Waals surface area contributed by atoms with Gasteiger partial charge in [0, 0.05) is 26.2 Å². The van der Waals surface area contributed by atoms with Crippen LogP contribution in [0.15, 0.2) is 0 Å². The van der Waals surface area contributed by atoms with Crippen molar-refractivity contribution in [1.82, 2.24) is 0 Å². The van der Waals surface area contributed by atoms with Gasteiger partial charge in [0.15, 0.2) is 0 Å². The Morgan fingerprint density at radius 3 is 1.29 bits per heavy atom. The van der Waals surface area contributed by atoms with Gasteiger partial charge >= 0.3 is 0 Å². The van der Waals surface area contributed by atoms with Gasteiger partial charge in [0.1, 0.15) is 0 Å². The molecule has 0 N–H and O–H groups in total. The first-order valence-corrected chi connectivity index (χ1v) is 10.7. The maximum absolute atomic E-state index is 5.71. The topological polar surface area (TPSA) is 27.7 Å². The third-order valence-electron chi connectivity index (χ3n) is 4.43. The van der Waals surface area contributed by atoms with E-state index in [9.17, 15) is 0 Å². The molecule has 0 aromatic rings. The van der Waals surface area contributed by atoms with Gasteiger partial charge in [-0.1, -0.05) is 77.6 Å². The van der Waals surface area contributed by atoms with Gasteiger partial charge in [-0.25, -0.2) is 0 Å². The van der Waals surface area contributed by atoms with Crippen LogP contribution in [0.3, 0.4) is 0 Å². The molecule has 1 rings (SSSR count). The zero-order valence-corrected chi connectivity index (χ0v) is 17.0. The van der Waals surface area contributed by atoms with Gasteiger partial charge in [-0.15, -0.1) is 0 Å². The van der Waals surface area contributed by atoms with E-state index in [0.29, 0.717) is 19.8 Å². The molecular weight excluding hydrogens is 300 g/mol. The molecule has 0 amide bonds. The minimum absolute atomic E-state index is 0.622. The first-order chi connectivity index (χ1) is 11.7. The molecule has 0 aromatic carbocycles. The quantitative estimate of drug-likeness (QED) is 0.255. The number of hydrogen-bond acceptors (Lipinski definition) is 3. The highest BCUT2D eigenvalue weighted by molar-refractivity contribution is 4.59. The fourth-order valence-corrected chi connectivity index (χ4v) is 3.18. The summed E-state index contributed by atoms with van der Waals surface area (Å²) in [5.74, 6) is -0.804. The summed E-state index contributed by atoms with van der Waals surface area (Å²) in [4.78, 5) is 0. The van der Waals surface area contributed by atoms with E-state index in [0.717, 1.165) is 12.8 Å². The van der Waals surface area contributed by atoms with Crippen molar-refractivity contribution >= 4 is 0 Å². The average Bonchev–Trinajstić information content (AvgIpc) is 3.14. The Morgan fingerprint density at radius 2 is 0.917 bits per heavy atom. The standard InChI is InChI=1S/C16H34O3.C5H10/c1-5-9-10-11-12-13-14-15-16(17-6-2,18-7-3)19-8-4;1-2-4-5-3-1/h5-15H2,1-4H3;1-5H2. The molecule has 0 saturated heterocycles. The fourth-order valence-electron chi connectivity index (χ4n) is 3.18. The van der Waals surface area contributed by atoms with Crippen LogP contribution in [0.2, 0.25) is 0 Å². The molecule has 0 heterocycles. The van der Waals surface area contributed by atoms with E-state index < -0.39 is 5.97 Å². The lowest BCUT2D eigenvalue weighted by molar-refractivity contribution is -0.380. The summed E-state index contributed by atoms with van der Waals surface area (Å²) < 4.78 is 17.1. The molecule has 1 aliphatic rings. The van der Waals surface area contributed by atoms with Crippen molar-refractivity contribution in [3.63, 3.8) is 0 Å². The molecule has 1 saturated carbocycles. The van der Waals surface area contributed by atoms with Crippen LogP contribution in [0.5, 0.6) is 0 Å². The lowest BCUT2D eigenvalue weighted by atomic mass is 10.1. The molecule has 3 nitrogen and oxygen atoms in total. The zero-order valence-electron chi connectivity index (χ0n) is 17.0. The van der Waals surface area contributed by atoms with Crippen LogP contribution in [-0.2, 0) is 14.2 Å². The highest BCUT2D eigenvalue weighted by atomic mass is 16.9. The van der Waals surface area contributed by atoms with E-state index >= 15 is 0 Å². The summed E-state index contributed by atoms with van der Waals surface area (Å²) >= 11 is 0. The molecule has 24 heavy (non-hydrogen) atoms. The SMILES string of the molecule is C1CCCC1.CCCCCCCCCC(OCC)(OCC)OCC. The Kier molecular flexibility index (Phi) is 17.6. The molecule has 0 unspecified atom stereocenters. The third kappa shape index (κ3) is 13.2. The van der Waals surface area contributed by atoms with Crippen molar-refractivity contribution in [3.05, 3.63) is 0 Å². The van der Waals surface area contributed by atoms with Gasteiger partial charge in [-0.3, -0.25) is 0 Å². The van der Waals surface area contributed by atoms with Crippen molar-refractivity contribution in [2.75, 3.05) is 19.8 Å². The predicted octanol–water partition coefficient (Wildman–Crippen LogP) is 6.84. The molecule has 0 atom stereocenters. The maximum atomic E-state index is 5.71. The Labute approximate surface area is 151 Å². The van der Waals surface area contributed by atoms with E-state index in [1.807, 2.05) is 20.8 Å². The highest BCUT2D eigenvalue weighted by Gasteiger charge is 2.31. The van der Waals surface area contributed by atoms with Crippen LogP contribution in [0, 0.1) is 0 Å². The minimum Gasteiger partial charge on any atom is -0.328 e. The van der Waals surface area contributed by atoms with Crippen molar-refractivity contribution in [2.24, 2.45) is 0 Å². The largest absolute Gasteiger partial charge is 0.328 e. The number of ether oxygens (including phenoxy) is 3. The van der Waals surface area contributed by atoms with E-state index in [1.54, 1.807) is 0 Å². The molecule has 3 heteroatoms. The maximum Gasteiger partial charge on any atom is 0.282 e. The molecule has 0 aromatic heterocycles. The van der Waals surface area contributed by atoms with Gasteiger partial charge in [-0.2, -0.15) is 0 Å². The molecular formula is C21H44O3. The molecule has 1 fully saturated rings. The van der Waals surface area contributed by atoms with Crippen molar-refractivity contribution < 1.29 is 14.2 Å². The Hall–Kier alpha value is -0.120. The molecule has 0 bridgehead atoms. The van der Waals surface area contributed by atoms with Gasteiger partial charge in [0.25, 0.3) is 5.97 Å². The average molecular weight is 345 g/mol. The van der Waals surface area contributed by atoms with Crippen LogP contribution < -0.4 is 0 Å². The van der Waals surface area contributed by atoms with E-state index in [1.165, 1.54) is 70.6 Å². The van der Waals surface area contributed by atoms with Crippen LogP contribution in [0.25, 0.3) is 0 Å².